The first-order chi connectivity index (χ1) is 12.4. The largest absolute Gasteiger partial charge is 0.508 e. The predicted molar refractivity (Wildman–Crippen MR) is 94.7 cm³/mol. The van der Waals surface area contributed by atoms with Gasteiger partial charge in [-0.25, -0.2) is 0 Å². The number of hydrogen-bond acceptors (Lipinski definition) is 6. The summed E-state index contributed by atoms with van der Waals surface area (Å²) in [5.74, 6) is -1.96. The van der Waals surface area contributed by atoms with Gasteiger partial charge in [0.05, 0.1) is 24.1 Å². The number of nitrogens with zero attached hydrogens (tertiary/aromatic N) is 2. The Morgan fingerprint density at radius 2 is 2.08 bits per heavy atom. The third-order valence-electron chi connectivity index (χ3n) is 4.02. The zero-order valence-corrected chi connectivity index (χ0v) is 14.5. The number of phenolic OH excluding ortho intramolecular Hbond substituents is 1. The van der Waals surface area contributed by atoms with Crippen molar-refractivity contribution >= 4 is 23.2 Å². The van der Waals surface area contributed by atoms with Gasteiger partial charge < -0.3 is 14.9 Å². The van der Waals surface area contributed by atoms with E-state index in [0.29, 0.717) is 10.6 Å². The minimum absolute atomic E-state index is 0.0336. The zero-order valence-electron chi connectivity index (χ0n) is 13.7. The highest BCUT2D eigenvalue weighted by Crippen LogP contribution is 2.32. The number of carbonyl (C=O) groups is 1. The van der Waals surface area contributed by atoms with Gasteiger partial charge in [0, 0.05) is 12.1 Å². The Labute approximate surface area is 153 Å². The van der Waals surface area contributed by atoms with Gasteiger partial charge in [-0.2, -0.15) is 4.98 Å². The Hall–Kier alpha value is -3.06. The summed E-state index contributed by atoms with van der Waals surface area (Å²) in [5.41, 5.74) is 0.0352. The summed E-state index contributed by atoms with van der Waals surface area (Å²) in [5, 5.41) is 20.4. The first-order valence-corrected chi connectivity index (χ1v) is 8.05. The minimum Gasteiger partial charge on any atom is -0.508 e. The lowest BCUT2D eigenvalue weighted by Gasteiger charge is -2.18. The van der Waals surface area contributed by atoms with Crippen molar-refractivity contribution in [3.63, 3.8) is 0 Å². The molecule has 0 aliphatic heterocycles. The second kappa shape index (κ2) is 7.05. The molecule has 7 nitrogen and oxygen atoms in total. The lowest BCUT2D eigenvalue weighted by atomic mass is 9.89. The first-order valence-electron chi connectivity index (χ1n) is 7.67. The van der Waals surface area contributed by atoms with E-state index < -0.39 is 23.3 Å². The number of carbonyl (C=O) groups excluding carboxylic acids is 1. The van der Waals surface area contributed by atoms with Crippen molar-refractivity contribution in [1.29, 1.82) is 0 Å². The topological polar surface area (TPSA) is 101 Å². The SMILES string of the molecule is COC(=O)C[C@@H](c1cccc(O)c1)c1c(O)nc2ccc(Cl)cn2c1=O. The van der Waals surface area contributed by atoms with Crippen LogP contribution in [-0.4, -0.2) is 32.7 Å². The number of aromatic hydroxyl groups is 2. The molecule has 1 atom stereocenters. The molecule has 2 aromatic heterocycles. The lowest BCUT2D eigenvalue weighted by molar-refractivity contribution is -0.140. The van der Waals surface area contributed by atoms with E-state index >= 15 is 0 Å². The summed E-state index contributed by atoms with van der Waals surface area (Å²) in [6, 6.07) is 9.14. The van der Waals surface area contributed by atoms with E-state index in [9.17, 15) is 19.8 Å². The number of methoxy groups -OCH3 is 1. The molecule has 2 heterocycles. The molecule has 3 rings (SSSR count). The Kier molecular flexibility index (Phi) is 4.81. The van der Waals surface area contributed by atoms with E-state index in [2.05, 4.69) is 4.98 Å². The Morgan fingerprint density at radius 1 is 1.31 bits per heavy atom. The standard InChI is InChI=1S/C18H15ClN2O5/c1-26-15(23)8-13(10-3-2-4-12(22)7-10)16-17(24)20-14-6-5-11(19)9-21(14)18(16)25/h2-7,9,13,22,24H,8H2,1H3/t13-/m0/s1. The quantitative estimate of drug-likeness (QED) is 0.680. The maximum absolute atomic E-state index is 13.0. The van der Waals surface area contributed by atoms with E-state index in [-0.39, 0.29) is 23.4 Å². The van der Waals surface area contributed by atoms with Crippen LogP contribution in [0.1, 0.15) is 23.5 Å². The summed E-state index contributed by atoms with van der Waals surface area (Å²) in [6.45, 7) is 0. The van der Waals surface area contributed by atoms with E-state index in [1.165, 1.54) is 35.9 Å². The van der Waals surface area contributed by atoms with Gasteiger partial charge in [0.25, 0.3) is 5.56 Å². The number of esters is 1. The predicted octanol–water partition coefficient (Wildman–Crippen LogP) is 2.45. The summed E-state index contributed by atoms with van der Waals surface area (Å²) in [7, 11) is 1.23. The molecule has 2 N–H and O–H groups in total. The van der Waals surface area contributed by atoms with Crippen LogP contribution in [0.5, 0.6) is 11.6 Å². The van der Waals surface area contributed by atoms with Crippen molar-refractivity contribution in [1.82, 2.24) is 9.38 Å². The summed E-state index contributed by atoms with van der Waals surface area (Å²) < 4.78 is 5.91. The minimum atomic E-state index is -0.856. The van der Waals surface area contributed by atoms with Crippen LogP contribution in [0.3, 0.4) is 0 Å². The monoisotopic (exact) mass is 374 g/mol. The highest BCUT2D eigenvalue weighted by Gasteiger charge is 2.27. The van der Waals surface area contributed by atoms with Crippen molar-refractivity contribution in [3.8, 4) is 11.6 Å². The second-order valence-corrected chi connectivity index (χ2v) is 6.09. The maximum atomic E-state index is 13.0. The van der Waals surface area contributed by atoms with Crippen molar-refractivity contribution in [2.24, 2.45) is 0 Å². The number of fused-ring (bicyclic) bond motifs is 1. The van der Waals surface area contributed by atoms with Gasteiger partial charge >= 0.3 is 5.97 Å². The number of hydrogen-bond donors (Lipinski definition) is 2. The molecule has 0 saturated heterocycles. The zero-order chi connectivity index (χ0) is 18.8. The molecule has 0 spiro atoms. The third-order valence-corrected chi connectivity index (χ3v) is 4.24. The maximum Gasteiger partial charge on any atom is 0.306 e. The molecule has 0 amide bonds. The van der Waals surface area contributed by atoms with Crippen molar-refractivity contribution < 1.29 is 19.7 Å². The van der Waals surface area contributed by atoms with E-state index in [0.717, 1.165) is 0 Å². The number of benzene rings is 1. The molecule has 0 unspecified atom stereocenters. The average molecular weight is 375 g/mol. The van der Waals surface area contributed by atoms with Gasteiger partial charge in [-0.15, -0.1) is 0 Å². The van der Waals surface area contributed by atoms with Crippen molar-refractivity contribution in [2.45, 2.75) is 12.3 Å². The van der Waals surface area contributed by atoms with Gasteiger partial charge in [-0.3, -0.25) is 14.0 Å². The fourth-order valence-electron chi connectivity index (χ4n) is 2.80. The highest BCUT2D eigenvalue weighted by molar-refractivity contribution is 6.30. The number of pyridine rings is 1. The Morgan fingerprint density at radius 3 is 2.77 bits per heavy atom. The smallest absolute Gasteiger partial charge is 0.306 e. The molecule has 1 aromatic carbocycles. The summed E-state index contributed by atoms with van der Waals surface area (Å²) >= 11 is 5.95. The Bertz CT molecular complexity index is 1050. The van der Waals surface area contributed by atoms with Crippen molar-refractivity contribution in [2.75, 3.05) is 7.11 Å². The van der Waals surface area contributed by atoms with Gasteiger partial charge in [0.1, 0.15) is 11.4 Å². The number of phenols is 1. The fraction of sp³-hybridized carbons (Fsp3) is 0.167. The van der Waals surface area contributed by atoms with Crippen LogP contribution in [0.25, 0.3) is 5.65 Å². The van der Waals surface area contributed by atoms with E-state index in [1.54, 1.807) is 18.2 Å². The number of aromatic nitrogens is 2. The molecule has 0 saturated carbocycles. The van der Waals surface area contributed by atoms with Gasteiger partial charge in [-0.05, 0) is 29.8 Å². The molecule has 0 aliphatic rings. The van der Waals surface area contributed by atoms with E-state index in [4.69, 9.17) is 16.3 Å². The summed E-state index contributed by atoms with van der Waals surface area (Å²) in [4.78, 5) is 28.9. The molecule has 0 aliphatic carbocycles. The molecule has 3 aromatic rings. The van der Waals surface area contributed by atoms with Crippen LogP contribution in [0.2, 0.25) is 5.02 Å². The Balaban J connectivity index is 2.26. The van der Waals surface area contributed by atoms with Crippen LogP contribution in [0.15, 0.2) is 47.4 Å². The second-order valence-electron chi connectivity index (χ2n) is 5.66. The molecular formula is C18H15ClN2O5. The van der Waals surface area contributed by atoms with Crippen LogP contribution in [0, 0.1) is 0 Å². The van der Waals surface area contributed by atoms with Crippen LogP contribution >= 0.6 is 11.6 Å². The molecule has 134 valence electrons. The van der Waals surface area contributed by atoms with Gasteiger partial charge in [0.15, 0.2) is 0 Å². The first kappa shape index (κ1) is 17.8. The van der Waals surface area contributed by atoms with Gasteiger partial charge in [-0.1, -0.05) is 23.7 Å². The fourth-order valence-corrected chi connectivity index (χ4v) is 2.96. The number of ether oxygens (including phenoxy) is 1. The van der Waals surface area contributed by atoms with Crippen LogP contribution in [-0.2, 0) is 9.53 Å². The van der Waals surface area contributed by atoms with Gasteiger partial charge in [0.2, 0.25) is 5.88 Å². The number of halogens is 1. The molecule has 0 radical (unpaired) electrons. The van der Waals surface area contributed by atoms with E-state index in [1.807, 2.05) is 0 Å². The normalized spacial score (nSPS) is 12.1. The van der Waals surface area contributed by atoms with Crippen LogP contribution < -0.4 is 5.56 Å². The molecule has 0 fully saturated rings. The highest BCUT2D eigenvalue weighted by atomic mass is 35.5. The molecule has 26 heavy (non-hydrogen) atoms. The van der Waals surface area contributed by atoms with Crippen LogP contribution in [0.4, 0.5) is 0 Å². The molecular weight excluding hydrogens is 360 g/mol. The molecule has 8 heteroatoms. The third kappa shape index (κ3) is 3.34. The lowest BCUT2D eigenvalue weighted by Crippen LogP contribution is -2.24. The summed E-state index contributed by atoms with van der Waals surface area (Å²) in [6.07, 6.45) is 1.17. The molecule has 0 bridgehead atoms. The average Bonchev–Trinajstić information content (AvgIpc) is 2.61. The van der Waals surface area contributed by atoms with Crippen molar-refractivity contribution in [3.05, 3.63) is 69.1 Å². The number of rotatable bonds is 4.